The number of fused-ring (bicyclic) bond motifs is 2. The molecular weight excluding hydrogens is 572 g/mol. The molecule has 2 heterocycles. The fraction of sp³-hybridized carbons (Fsp3) is 0.394. The lowest BCUT2D eigenvalue weighted by atomic mass is 10.2. The van der Waals surface area contributed by atoms with Gasteiger partial charge in [0.1, 0.15) is 30.9 Å². The van der Waals surface area contributed by atoms with E-state index in [4.69, 9.17) is 15.9 Å². The van der Waals surface area contributed by atoms with Crippen LogP contribution in [-0.4, -0.2) is 51.4 Å². The minimum atomic E-state index is -1.40. The van der Waals surface area contributed by atoms with E-state index >= 15 is 0 Å². The van der Waals surface area contributed by atoms with Crippen LogP contribution in [0.5, 0.6) is 0 Å². The quantitative estimate of drug-likeness (QED) is 0.156. The number of carbonyl (C=O) groups excluding carboxylic acids is 2. The van der Waals surface area contributed by atoms with Crippen molar-refractivity contribution < 1.29 is 19.1 Å². The number of ether oxygens (including phenoxy) is 2. The number of terminal acetylenes is 1. The molecule has 0 radical (unpaired) electrons. The van der Waals surface area contributed by atoms with Crippen LogP contribution < -0.4 is 10.6 Å². The molecule has 0 spiro atoms. The molecule has 4 N–H and O–H groups in total. The molecule has 2 amide bonds. The van der Waals surface area contributed by atoms with E-state index in [1.54, 1.807) is 0 Å². The summed E-state index contributed by atoms with van der Waals surface area (Å²) in [4.78, 5) is 38.4. The number of hydrogen-bond acceptors (Lipinski definition) is 6. The normalized spacial score (nSPS) is 11.5. The first-order chi connectivity index (χ1) is 20.4. The van der Waals surface area contributed by atoms with Gasteiger partial charge in [-0.05, 0) is 77.9 Å². The molecule has 2 aromatic carbocycles. The molecule has 0 aliphatic heterocycles. The Morgan fingerprint density at radius 1 is 0.795 bits per heavy atom. The van der Waals surface area contributed by atoms with Crippen molar-refractivity contribution in [3.63, 3.8) is 0 Å². The van der Waals surface area contributed by atoms with Crippen molar-refractivity contribution in [3.05, 3.63) is 59.2 Å². The van der Waals surface area contributed by atoms with E-state index in [1.807, 2.05) is 77.9 Å². The summed E-state index contributed by atoms with van der Waals surface area (Å²) in [7, 11) is -1.40. The predicted molar refractivity (Wildman–Crippen MR) is 176 cm³/mol. The van der Waals surface area contributed by atoms with E-state index < -0.39 is 31.5 Å². The molecule has 2 aromatic heterocycles. The van der Waals surface area contributed by atoms with Crippen LogP contribution >= 0.6 is 0 Å². The topological polar surface area (TPSA) is 134 Å². The van der Waals surface area contributed by atoms with Gasteiger partial charge in [-0.15, -0.1) is 12.0 Å². The summed E-state index contributed by atoms with van der Waals surface area (Å²) in [5, 5.41) is 5.35. The molecule has 0 saturated carbocycles. The molecule has 10 nitrogen and oxygen atoms in total. The Kier molecular flexibility index (Phi) is 10.5. The summed E-state index contributed by atoms with van der Waals surface area (Å²) in [6.45, 7) is 18.2. The van der Waals surface area contributed by atoms with Crippen LogP contribution in [0.1, 0.15) is 64.3 Å². The molecule has 44 heavy (non-hydrogen) atoms. The highest BCUT2D eigenvalue weighted by molar-refractivity contribution is 6.83. The lowest BCUT2D eigenvalue weighted by Gasteiger charge is -2.19. The fourth-order valence-electron chi connectivity index (χ4n) is 3.66. The van der Waals surface area contributed by atoms with Crippen LogP contribution in [0.4, 0.5) is 9.59 Å². The zero-order chi connectivity index (χ0) is 32.7. The molecule has 4 rings (SSSR count). The molecule has 0 aliphatic carbocycles. The van der Waals surface area contributed by atoms with Crippen molar-refractivity contribution in [3.8, 4) is 23.8 Å². The summed E-state index contributed by atoms with van der Waals surface area (Å²) in [5.74, 6) is 7.14. The second-order valence-electron chi connectivity index (χ2n) is 13.2. The highest BCUT2D eigenvalue weighted by atomic mass is 28.3. The van der Waals surface area contributed by atoms with Gasteiger partial charge in [-0.2, -0.15) is 0 Å². The van der Waals surface area contributed by atoms with Crippen LogP contribution in [-0.2, 0) is 22.6 Å². The molecular formula is C33H42N6O4Si. The predicted octanol–water partition coefficient (Wildman–Crippen LogP) is 6.39. The van der Waals surface area contributed by atoms with Gasteiger partial charge in [0.2, 0.25) is 0 Å². The van der Waals surface area contributed by atoms with Gasteiger partial charge < -0.3 is 30.1 Å². The number of nitrogens with zero attached hydrogens (tertiary/aromatic N) is 2. The Bertz CT molecular complexity index is 1730. The van der Waals surface area contributed by atoms with Gasteiger partial charge >= 0.3 is 12.2 Å². The van der Waals surface area contributed by atoms with E-state index in [-0.39, 0.29) is 6.54 Å². The molecule has 0 unspecified atom stereocenters. The second-order valence-corrected chi connectivity index (χ2v) is 17.9. The average molecular weight is 615 g/mol. The standard InChI is InChI=1S/C18H25N3O2Si.C15H17N3O2/c1-18(2,3)23-17(22)19-12-16-20-14-8-7-13(11-15(14)21-16)9-10-24(4,5)6;1-5-10-6-7-11-12(8-10)18-13(17-11)9-16-14(19)20-15(2,3)4/h7-8,11H,12H2,1-6H3,(H,19,22)(H,20,21);1,6-8H,9H2,2-4H3,(H,16,19)(H,17,18). The van der Waals surface area contributed by atoms with Crippen LogP contribution in [0.15, 0.2) is 36.4 Å². The Labute approximate surface area is 260 Å². The maximum Gasteiger partial charge on any atom is 0.408 e. The Balaban J connectivity index is 0.000000244. The van der Waals surface area contributed by atoms with Gasteiger partial charge in [-0.1, -0.05) is 31.5 Å². The first kappa shape index (κ1) is 33.8. The lowest BCUT2D eigenvalue weighted by molar-refractivity contribution is 0.0511. The first-order valence-corrected chi connectivity index (χ1v) is 17.8. The molecule has 0 fully saturated rings. The highest BCUT2D eigenvalue weighted by Crippen LogP contribution is 2.15. The maximum atomic E-state index is 11.7. The molecule has 232 valence electrons. The number of aromatic nitrogens is 4. The zero-order valence-corrected chi connectivity index (χ0v) is 28.0. The minimum Gasteiger partial charge on any atom is -0.444 e. The maximum absolute atomic E-state index is 11.7. The number of nitrogens with one attached hydrogen (secondary N) is 4. The van der Waals surface area contributed by atoms with E-state index in [0.717, 1.165) is 33.2 Å². The van der Waals surface area contributed by atoms with E-state index in [2.05, 4.69) is 67.6 Å². The van der Waals surface area contributed by atoms with Gasteiger partial charge in [0.25, 0.3) is 0 Å². The molecule has 0 aliphatic rings. The summed E-state index contributed by atoms with van der Waals surface area (Å²) in [5.41, 5.74) is 7.51. The lowest BCUT2D eigenvalue weighted by Crippen LogP contribution is -2.32. The van der Waals surface area contributed by atoms with E-state index in [1.165, 1.54) is 0 Å². The third-order valence-corrected chi connectivity index (χ3v) is 6.28. The van der Waals surface area contributed by atoms with Crippen LogP contribution in [0.3, 0.4) is 0 Å². The number of rotatable bonds is 4. The summed E-state index contributed by atoms with van der Waals surface area (Å²) >= 11 is 0. The van der Waals surface area contributed by atoms with Crippen molar-refractivity contribution >= 4 is 42.3 Å². The third kappa shape index (κ3) is 11.5. The smallest absolute Gasteiger partial charge is 0.408 e. The molecule has 0 atom stereocenters. The minimum absolute atomic E-state index is 0.273. The monoisotopic (exact) mass is 614 g/mol. The van der Waals surface area contributed by atoms with Gasteiger partial charge in [-0.3, -0.25) is 0 Å². The number of carbonyl (C=O) groups is 2. The van der Waals surface area contributed by atoms with Crippen molar-refractivity contribution in [2.75, 3.05) is 0 Å². The van der Waals surface area contributed by atoms with E-state index in [9.17, 15) is 9.59 Å². The molecule has 0 saturated heterocycles. The average Bonchev–Trinajstić information content (AvgIpc) is 3.50. The Morgan fingerprint density at radius 3 is 1.64 bits per heavy atom. The SMILES string of the molecule is C#Cc1ccc2nc(CNC(=O)OC(C)(C)C)[nH]c2c1.CC(C)(C)OC(=O)NCc1nc2ccc(C#C[Si](C)(C)C)cc2[nH]1. The number of hydrogen-bond donors (Lipinski definition) is 4. The van der Waals surface area contributed by atoms with Crippen LogP contribution in [0.25, 0.3) is 22.1 Å². The largest absolute Gasteiger partial charge is 0.444 e. The van der Waals surface area contributed by atoms with Gasteiger partial charge in [0.05, 0.1) is 35.2 Å². The number of amides is 2. The number of H-pyrrole nitrogens is 2. The molecule has 11 heteroatoms. The Hall–Kier alpha value is -4.74. The van der Waals surface area contributed by atoms with Crippen LogP contribution in [0.2, 0.25) is 19.6 Å². The summed E-state index contributed by atoms with van der Waals surface area (Å²) in [6, 6.07) is 11.4. The first-order valence-electron chi connectivity index (χ1n) is 14.3. The van der Waals surface area contributed by atoms with Crippen LogP contribution in [0, 0.1) is 23.8 Å². The highest BCUT2D eigenvalue weighted by Gasteiger charge is 2.17. The van der Waals surface area contributed by atoms with Crippen molar-refractivity contribution in [2.24, 2.45) is 0 Å². The molecule has 4 aromatic rings. The number of aromatic amines is 2. The van der Waals surface area contributed by atoms with Gasteiger partial charge in [0, 0.05) is 11.1 Å². The van der Waals surface area contributed by atoms with Crippen molar-refractivity contribution in [1.82, 2.24) is 30.6 Å². The zero-order valence-electron chi connectivity index (χ0n) is 27.0. The Morgan fingerprint density at radius 2 is 1.23 bits per heavy atom. The van der Waals surface area contributed by atoms with Crippen molar-refractivity contribution in [1.29, 1.82) is 0 Å². The second kappa shape index (κ2) is 13.7. The van der Waals surface area contributed by atoms with E-state index in [0.29, 0.717) is 18.2 Å². The van der Waals surface area contributed by atoms with Crippen molar-refractivity contribution in [2.45, 2.75) is 85.5 Å². The molecule has 0 bridgehead atoms. The summed E-state index contributed by atoms with van der Waals surface area (Å²) < 4.78 is 10.4. The fourth-order valence-corrected chi connectivity index (χ4v) is 4.18. The van der Waals surface area contributed by atoms with Gasteiger partial charge in [-0.25, -0.2) is 19.6 Å². The number of imidazole rings is 2. The van der Waals surface area contributed by atoms with Gasteiger partial charge in [0.15, 0.2) is 0 Å². The summed E-state index contributed by atoms with van der Waals surface area (Å²) in [6.07, 6.45) is 4.42. The number of alkyl carbamates (subject to hydrolysis) is 2. The number of benzene rings is 2. The third-order valence-electron chi connectivity index (χ3n) is 5.41.